The summed E-state index contributed by atoms with van der Waals surface area (Å²) in [4.78, 5) is 39.2. The molecule has 1 aliphatic rings. The fourth-order valence-corrected chi connectivity index (χ4v) is 2.83. The fourth-order valence-electron chi connectivity index (χ4n) is 2.83. The highest BCUT2D eigenvalue weighted by Crippen LogP contribution is 2.37. The summed E-state index contributed by atoms with van der Waals surface area (Å²) in [6.45, 7) is 3.83. The van der Waals surface area contributed by atoms with Crippen molar-refractivity contribution < 1.29 is 4.79 Å². The number of carbonyl (C=O) groups excluding carboxylic acids is 1. The molecule has 2 aromatic heterocycles. The van der Waals surface area contributed by atoms with Gasteiger partial charge in [-0.3, -0.25) is 9.59 Å². The second kappa shape index (κ2) is 5.84. The number of aromatic nitrogens is 4. The van der Waals surface area contributed by atoms with E-state index in [0.29, 0.717) is 17.6 Å². The minimum Gasteiger partial charge on any atom is -0.342 e. The highest BCUT2D eigenvalue weighted by molar-refractivity contribution is 5.93. The van der Waals surface area contributed by atoms with Crippen LogP contribution in [0.4, 0.5) is 0 Å². The molecule has 3 N–H and O–H groups in total. The van der Waals surface area contributed by atoms with Crippen LogP contribution in [0.1, 0.15) is 59.3 Å². The first-order valence-electron chi connectivity index (χ1n) is 8.37. The minimum atomic E-state index is -0.458. The van der Waals surface area contributed by atoms with E-state index in [2.05, 4.69) is 25.3 Å². The second-order valence-corrected chi connectivity index (χ2v) is 6.62. The van der Waals surface area contributed by atoms with Crippen molar-refractivity contribution in [3.05, 3.63) is 57.5 Å². The van der Waals surface area contributed by atoms with Gasteiger partial charge in [-0.25, -0.2) is 9.97 Å². The first-order chi connectivity index (χ1) is 12.0. The summed E-state index contributed by atoms with van der Waals surface area (Å²) in [5, 5.41) is 2.80. The number of rotatable bonds is 4. The Hall–Kier alpha value is -2.96. The molecule has 1 saturated carbocycles. The molecule has 0 bridgehead atoms. The summed E-state index contributed by atoms with van der Waals surface area (Å²) >= 11 is 0. The van der Waals surface area contributed by atoms with Crippen LogP contribution in [0.5, 0.6) is 0 Å². The van der Waals surface area contributed by atoms with Crippen molar-refractivity contribution >= 4 is 16.9 Å². The molecule has 7 nitrogen and oxygen atoms in total. The number of amides is 1. The van der Waals surface area contributed by atoms with Gasteiger partial charge in [0, 0.05) is 12.1 Å². The molecule has 25 heavy (non-hydrogen) atoms. The molecule has 0 saturated heterocycles. The van der Waals surface area contributed by atoms with Crippen LogP contribution in [0.3, 0.4) is 0 Å². The highest BCUT2D eigenvalue weighted by Gasteiger charge is 2.27. The lowest BCUT2D eigenvalue weighted by Gasteiger charge is -2.11. The van der Waals surface area contributed by atoms with Crippen molar-refractivity contribution in [1.29, 1.82) is 0 Å². The summed E-state index contributed by atoms with van der Waals surface area (Å²) in [5.41, 5.74) is 2.51. The Morgan fingerprint density at radius 2 is 2.12 bits per heavy atom. The Kier molecular flexibility index (Phi) is 3.63. The topological polar surface area (TPSA) is 104 Å². The van der Waals surface area contributed by atoms with Gasteiger partial charge in [-0.1, -0.05) is 6.07 Å². The molecule has 1 aromatic carbocycles. The van der Waals surface area contributed by atoms with Gasteiger partial charge >= 0.3 is 0 Å². The van der Waals surface area contributed by atoms with Crippen LogP contribution in [0.25, 0.3) is 11.0 Å². The van der Waals surface area contributed by atoms with Crippen LogP contribution in [0.15, 0.2) is 29.2 Å². The quantitative estimate of drug-likeness (QED) is 0.679. The average molecular weight is 337 g/mol. The number of aryl methyl sites for hydroxylation is 1. The van der Waals surface area contributed by atoms with Crippen molar-refractivity contribution in [3.63, 3.8) is 0 Å². The van der Waals surface area contributed by atoms with Gasteiger partial charge in [0.2, 0.25) is 0 Å². The van der Waals surface area contributed by atoms with Gasteiger partial charge in [0.15, 0.2) is 0 Å². The van der Waals surface area contributed by atoms with Gasteiger partial charge in [-0.15, -0.1) is 0 Å². The van der Waals surface area contributed by atoms with Crippen LogP contribution < -0.4 is 10.9 Å². The fraction of sp³-hybridized carbons (Fsp3) is 0.333. The lowest BCUT2D eigenvalue weighted by Crippen LogP contribution is -2.32. The molecular weight excluding hydrogens is 318 g/mol. The Labute approximate surface area is 143 Å². The molecule has 1 fully saturated rings. The smallest absolute Gasteiger partial charge is 0.263 e. The highest BCUT2D eigenvalue weighted by atomic mass is 16.2. The third kappa shape index (κ3) is 3.05. The van der Waals surface area contributed by atoms with Gasteiger partial charge < -0.3 is 15.3 Å². The molecular formula is C18H19N5O2. The van der Waals surface area contributed by atoms with Crippen molar-refractivity contribution in [2.24, 2.45) is 0 Å². The van der Waals surface area contributed by atoms with Gasteiger partial charge in [0.05, 0.1) is 17.1 Å². The number of hydrogen-bond acceptors (Lipinski definition) is 4. The molecule has 1 atom stereocenters. The van der Waals surface area contributed by atoms with Gasteiger partial charge in [-0.2, -0.15) is 0 Å². The summed E-state index contributed by atoms with van der Waals surface area (Å²) in [5.74, 6) is 1.19. The maximum Gasteiger partial charge on any atom is 0.263 e. The van der Waals surface area contributed by atoms with E-state index in [-0.39, 0.29) is 11.6 Å². The van der Waals surface area contributed by atoms with Crippen molar-refractivity contribution in [1.82, 2.24) is 25.3 Å². The van der Waals surface area contributed by atoms with Crippen molar-refractivity contribution in [2.75, 3.05) is 0 Å². The Morgan fingerprint density at radius 1 is 1.32 bits per heavy atom. The third-order valence-corrected chi connectivity index (χ3v) is 4.44. The van der Waals surface area contributed by atoms with Gasteiger partial charge in [-0.05, 0) is 44.4 Å². The maximum atomic E-state index is 12.4. The first-order valence-corrected chi connectivity index (χ1v) is 8.37. The zero-order chi connectivity index (χ0) is 17.6. The normalized spacial score (nSPS) is 15.3. The van der Waals surface area contributed by atoms with Crippen LogP contribution >= 0.6 is 0 Å². The second-order valence-electron chi connectivity index (χ2n) is 6.62. The van der Waals surface area contributed by atoms with E-state index in [1.807, 2.05) is 32.0 Å². The van der Waals surface area contributed by atoms with Crippen LogP contribution in [0.2, 0.25) is 0 Å². The average Bonchev–Trinajstić information content (AvgIpc) is 3.34. The number of imidazole rings is 1. The molecule has 0 unspecified atom stereocenters. The van der Waals surface area contributed by atoms with Crippen molar-refractivity contribution in [3.8, 4) is 0 Å². The molecule has 3 aromatic rings. The Bertz CT molecular complexity index is 1020. The molecule has 0 radical (unpaired) electrons. The summed E-state index contributed by atoms with van der Waals surface area (Å²) in [6, 6.07) is 5.57. The lowest BCUT2D eigenvalue weighted by molar-refractivity contribution is 0.0936. The summed E-state index contributed by atoms with van der Waals surface area (Å²) in [6.07, 6.45) is 3.44. The van der Waals surface area contributed by atoms with Crippen LogP contribution in [0, 0.1) is 6.92 Å². The number of hydrogen-bond donors (Lipinski definition) is 3. The number of fused-ring (bicyclic) bond motifs is 1. The maximum absolute atomic E-state index is 12.4. The van der Waals surface area contributed by atoms with E-state index in [0.717, 1.165) is 29.4 Å². The number of nitrogens with one attached hydrogen (secondary N) is 3. The number of nitrogens with zero attached hydrogens (tertiary/aromatic N) is 2. The molecule has 0 aliphatic heterocycles. The van der Waals surface area contributed by atoms with E-state index in [4.69, 9.17) is 0 Å². The lowest BCUT2D eigenvalue weighted by atomic mass is 10.2. The van der Waals surface area contributed by atoms with E-state index in [1.165, 1.54) is 6.20 Å². The monoisotopic (exact) mass is 337 g/mol. The number of carbonyl (C=O) groups is 1. The number of aromatic amines is 2. The molecule has 1 aliphatic carbocycles. The summed E-state index contributed by atoms with van der Waals surface area (Å²) < 4.78 is 0. The van der Waals surface area contributed by atoms with Crippen LogP contribution in [-0.2, 0) is 0 Å². The number of H-pyrrole nitrogens is 2. The zero-order valence-corrected chi connectivity index (χ0v) is 14.1. The van der Waals surface area contributed by atoms with E-state index in [9.17, 15) is 9.59 Å². The largest absolute Gasteiger partial charge is 0.342 e. The zero-order valence-electron chi connectivity index (χ0n) is 14.1. The first kappa shape index (κ1) is 15.6. The molecule has 128 valence electrons. The standard InChI is InChI=1S/C18H19N5O2/c1-9-3-6-13-14(7-9)22-15(21-13)10(2)20-17(24)12-8-19-16(11-4-5-11)23-18(12)25/h3,6-8,10-11H,4-5H2,1-2H3,(H,20,24)(H,21,22)(H,19,23,25)/t10-/m0/s1. The summed E-state index contributed by atoms with van der Waals surface area (Å²) in [7, 11) is 0. The molecule has 0 spiro atoms. The third-order valence-electron chi connectivity index (χ3n) is 4.44. The molecule has 2 heterocycles. The van der Waals surface area contributed by atoms with Crippen molar-refractivity contribution in [2.45, 2.75) is 38.6 Å². The molecule has 7 heteroatoms. The molecule has 4 rings (SSSR count). The van der Waals surface area contributed by atoms with E-state index >= 15 is 0 Å². The van der Waals surface area contributed by atoms with Gasteiger partial charge in [0.1, 0.15) is 17.2 Å². The van der Waals surface area contributed by atoms with E-state index in [1.54, 1.807) is 0 Å². The van der Waals surface area contributed by atoms with Gasteiger partial charge in [0.25, 0.3) is 11.5 Å². The minimum absolute atomic E-state index is 0.0169. The SMILES string of the molecule is Cc1ccc2nc([C@H](C)NC(=O)c3cnc(C4CC4)[nH]c3=O)[nH]c2c1. The van der Waals surface area contributed by atoms with Crippen LogP contribution in [-0.4, -0.2) is 25.8 Å². The number of benzene rings is 1. The Balaban J connectivity index is 1.53. The Morgan fingerprint density at radius 3 is 2.84 bits per heavy atom. The molecule has 1 amide bonds. The predicted octanol–water partition coefficient (Wildman–Crippen LogP) is 2.32. The van der Waals surface area contributed by atoms with E-state index < -0.39 is 11.5 Å². The predicted molar refractivity (Wildman–Crippen MR) is 93.5 cm³/mol.